The number of halogens is 1. The van der Waals surface area contributed by atoms with Gasteiger partial charge in [0.25, 0.3) is 0 Å². The van der Waals surface area contributed by atoms with Gasteiger partial charge in [0.1, 0.15) is 5.82 Å². The van der Waals surface area contributed by atoms with E-state index in [0.717, 1.165) is 15.5 Å². The molecule has 0 bridgehead atoms. The van der Waals surface area contributed by atoms with Crippen LogP contribution < -0.4 is 5.73 Å². The summed E-state index contributed by atoms with van der Waals surface area (Å²) in [5, 5.41) is 0.566. The first-order valence-electron chi connectivity index (χ1n) is 4.32. The van der Waals surface area contributed by atoms with Crippen LogP contribution >= 0.6 is 23.1 Å². The zero-order chi connectivity index (χ0) is 10.7. The lowest BCUT2D eigenvalue weighted by Crippen LogP contribution is -1.81. The highest BCUT2D eigenvalue weighted by molar-refractivity contribution is 8.00. The molecular weight excluding hydrogens is 231 g/mol. The molecule has 0 unspecified atom stereocenters. The van der Waals surface area contributed by atoms with Crippen molar-refractivity contribution >= 4 is 28.2 Å². The van der Waals surface area contributed by atoms with Gasteiger partial charge in [-0.3, -0.25) is 0 Å². The van der Waals surface area contributed by atoms with Crippen molar-refractivity contribution in [1.82, 2.24) is 4.98 Å². The quantitative estimate of drug-likeness (QED) is 0.838. The number of aromatic nitrogens is 1. The van der Waals surface area contributed by atoms with E-state index in [0.29, 0.717) is 5.13 Å². The van der Waals surface area contributed by atoms with Gasteiger partial charge in [0.05, 0.1) is 10.4 Å². The minimum absolute atomic E-state index is 0.197. The molecule has 0 saturated carbocycles. The summed E-state index contributed by atoms with van der Waals surface area (Å²) in [6.07, 6.45) is 1.74. The van der Waals surface area contributed by atoms with Gasteiger partial charge < -0.3 is 5.73 Å². The molecule has 1 aromatic carbocycles. The van der Waals surface area contributed by atoms with Crippen LogP contribution in [0.5, 0.6) is 0 Å². The molecule has 2 N–H and O–H groups in total. The van der Waals surface area contributed by atoms with Crippen molar-refractivity contribution in [3.63, 3.8) is 0 Å². The van der Waals surface area contributed by atoms with Crippen molar-refractivity contribution in [3.05, 3.63) is 41.8 Å². The molecule has 0 aliphatic rings. The predicted molar refractivity (Wildman–Crippen MR) is 62.5 cm³/mol. The highest BCUT2D eigenvalue weighted by atomic mass is 32.2. The minimum atomic E-state index is -0.197. The normalized spacial score (nSPS) is 10.5. The Morgan fingerprint density at radius 3 is 3.00 bits per heavy atom. The average molecular weight is 240 g/mol. The molecule has 2 aromatic rings. The van der Waals surface area contributed by atoms with Gasteiger partial charge in [-0.05, 0) is 17.7 Å². The van der Waals surface area contributed by atoms with E-state index >= 15 is 0 Å². The Morgan fingerprint density at radius 1 is 1.47 bits per heavy atom. The largest absolute Gasteiger partial charge is 0.375 e. The smallest absolute Gasteiger partial charge is 0.181 e. The molecule has 2 nitrogen and oxygen atoms in total. The molecule has 1 aromatic heterocycles. The summed E-state index contributed by atoms with van der Waals surface area (Å²) in [6, 6.07) is 6.60. The van der Waals surface area contributed by atoms with Gasteiger partial charge in [-0.15, -0.1) is 11.8 Å². The Morgan fingerprint density at radius 2 is 2.33 bits per heavy atom. The van der Waals surface area contributed by atoms with Gasteiger partial charge in [0, 0.05) is 5.75 Å². The second kappa shape index (κ2) is 4.63. The van der Waals surface area contributed by atoms with Gasteiger partial charge in [0.2, 0.25) is 0 Å². The number of thioether (sulfide) groups is 1. The fourth-order valence-electron chi connectivity index (χ4n) is 1.12. The number of nitrogens with two attached hydrogens (primary N) is 1. The van der Waals surface area contributed by atoms with E-state index in [4.69, 9.17) is 5.73 Å². The van der Waals surface area contributed by atoms with Crippen molar-refractivity contribution in [3.8, 4) is 0 Å². The number of benzene rings is 1. The Labute approximate surface area is 95.3 Å². The summed E-state index contributed by atoms with van der Waals surface area (Å²) in [6.45, 7) is 0. The van der Waals surface area contributed by atoms with Crippen LogP contribution in [0.1, 0.15) is 5.56 Å². The molecule has 15 heavy (non-hydrogen) atoms. The zero-order valence-corrected chi connectivity index (χ0v) is 9.45. The van der Waals surface area contributed by atoms with E-state index in [1.165, 1.54) is 23.5 Å². The third kappa shape index (κ3) is 2.94. The molecule has 0 aliphatic carbocycles. The maximum atomic E-state index is 12.9. The summed E-state index contributed by atoms with van der Waals surface area (Å²) in [5.41, 5.74) is 6.47. The SMILES string of the molecule is Nc1ncc(SCc2cccc(F)c2)s1. The molecule has 0 saturated heterocycles. The first-order chi connectivity index (χ1) is 7.24. The zero-order valence-electron chi connectivity index (χ0n) is 7.81. The lowest BCUT2D eigenvalue weighted by atomic mass is 10.2. The van der Waals surface area contributed by atoms with Gasteiger partial charge in [-0.2, -0.15) is 0 Å². The fourth-order valence-corrected chi connectivity index (χ4v) is 2.82. The molecule has 2 rings (SSSR count). The fraction of sp³-hybridized carbons (Fsp3) is 0.100. The van der Waals surface area contributed by atoms with Gasteiger partial charge >= 0.3 is 0 Å². The molecule has 0 fully saturated rings. The topological polar surface area (TPSA) is 38.9 Å². The predicted octanol–water partition coefficient (Wildman–Crippen LogP) is 3.16. The van der Waals surface area contributed by atoms with Gasteiger partial charge in [-0.25, -0.2) is 9.37 Å². The van der Waals surface area contributed by atoms with Crippen molar-refractivity contribution < 1.29 is 4.39 Å². The lowest BCUT2D eigenvalue weighted by molar-refractivity contribution is 0.626. The molecule has 5 heteroatoms. The first-order valence-corrected chi connectivity index (χ1v) is 6.13. The van der Waals surface area contributed by atoms with E-state index < -0.39 is 0 Å². The Hall–Kier alpha value is -1.07. The van der Waals surface area contributed by atoms with Crippen molar-refractivity contribution in [2.75, 3.05) is 5.73 Å². The van der Waals surface area contributed by atoms with Crippen LogP contribution in [0, 0.1) is 5.82 Å². The number of hydrogen-bond acceptors (Lipinski definition) is 4. The standard InChI is InChI=1S/C10H9FN2S2/c11-8-3-1-2-7(4-8)6-14-9-5-13-10(12)15-9/h1-5H,6H2,(H2,12,13). The van der Waals surface area contributed by atoms with E-state index in [-0.39, 0.29) is 5.82 Å². The Balaban J connectivity index is 1.99. The van der Waals surface area contributed by atoms with Crippen LogP contribution in [0.2, 0.25) is 0 Å². The van der Waals surface area contributed by atoms with Crippen LogP contribution in [0.15, 0.2) is 34.7 Å². The second-order valence-electron chi connectivity index (χ2n) is 2.94. The molecule has 78 valence electrons. The van der Waals surface area contributed by atoms with Gasteiger partial charge in [0.15, 0.2) is 5.13 Å². The number of nitrogens with zero attached hydrogens (tertiary/aromatic N) is 1. The highest BCUT2D eigenvalue weighted by Crippen LogP contribution is 2.29. The summed E-state index contributed by atoms with van der Waals surface area (Å²) >= 11 is 3.06. The number of hydrogen-bond donors (Lipinski definition) is 1. The van der Waals surface area contributed by atoms with Gasteiger partial charge in [-0.1, -0.05) is 23.5 Å². The Bertz CT molecular complexity index is 456. The maximum Gasteiger partial charge on any atom is 0.181 e. The molecule has 0 aliphatic heterocycles. The average Bonchev–Trinajstić information content (AvgIpc) is 2.62. The van der Waals surface area contributed by atoms with Crippen molar-refractivity contribution in [2.45, 2.75) is 9.96 Å². The molecule has 0 atom stereocenters. The molecule has 1 heterocycles. The number of rotatable bonds is 3. The monoisotopic (exact) mass is 240 g/mol. The van der Waals surface area contributed by atoms with Crippen molar-refractivity contribution in [2.24, 2.45) is 0 Å². The minimum Gasteiger partial charge on any atom is -0.375 e. The molecule has 0 spiro atoms. The maximum absolute atomic E-state index is 12.9. The lowest BCUT2D eigenvalue weighted by Gasteiger charge is -1.98. The van der Waals surface area contributed by atoms with Crippen LogP contribution in [0.4, 0.5) is 9.52 Å². The van der Waals surface area contributed by atoms with Crippen molar-refractivity contribution in [1.29, 1.82) is 0 Å². The number of anilines is 1. The van der Waals surface area contributed by atoms with Crippen LogP contribution in [0.25, 0.3) is 0 Å². The van der Waals surface area contributed by atoms with E-state index in [2.05, 4.69) is 4.98 Å². The highest BCUT2D eigenvalue weighted by Gasteiger charge is 2.01. The van der Waals surface area contributed by atoms with E-state index in [1.807, 2.05) is 6.07 Å². The number of nitrogen functional groups attached to an aromatic ring is 1. The molecule has 0 radical (unpaired) electrons. The molecule has 0 amide bonds. The third-order valence-corrected chi connectivity index (χ3v) is 3.86. The summed E-state index contributed by atoms with van der Waals surface area (Å²) in [7, 11) is 0. The van der Waals surface area contributed by atoms with Crippen LogP contribution in [0.3, 0.4) is 0 Å². The number of thiazole rings is 1. The third-order valence-electron chi connectivity index (χ3n) is 1.77. The van der Waals surface area contributed by atoms with Crippen LogP contribution in [-0.4, -0.2) is 4.98 Å². The van der Waals surface area contributed by atoms with Crippen LogP contribution in [-0.2, 0) is 5.75 Å². The molecular formula is C10H9FN2S2. The summed E-state index contributed by atoms with van der Waals surface area (Å²) < 4.78 is 13.9. The van der Waals surface area contributed by atoms with E-state index in [9.17, 15) is 4.39 Å². The van der Waals surface area contributed by atoms with E-state index in [1.54, 1.807) is 24.0 Å². The second-order valence-corrected chi connectivity index (χ2v) is 5.27. The summed E-state index contributed by atoms with van der Waals surface area (Å²) in [5.74, 6) is 0.538. The summed E-state index contributed by atoms with van der Waals surface area (Å²) in [4.78, 5) is 3.95. The first kappa shape index (κ1) is 10.4. The Kier molecular flexibility index (Phi) is 3.23.